The van der Waals surface area contributed by atoms with Crippen molar-refractivity contribution >= 4 is 10.0 Å². The van der Waals surface area contributed by atoms with Gasteiger partial charge in [0.05, 0.1) is 6.26 Å². The fourth-order valence-electron chi connectivity index (χ4n) is 5.52. The lowest BCUT2D eigenvalue weighted by Crippen LogP contribution is -2.49. The fraction of sp³-hybridized carbons (Fsp3) is 0.680. The SMILES string of the molecule is Cc1nnc(C(C)C)n1C1CCN(CC[C@H](c2ccccc2)N2CCN(S(C)(=O)=O)CC2)CC1. The Morgan fingerprint density at radius 3 is 2.21 bits per heavy atom. The van der Waals surface area contributed by atoms with Gasteiger partial charge < -0.3 is 9.47 Å². The molecule has 2 aliphatic heterocycles. The van der Waals surface area contributed by atoms with Crippen LogP contribution in [-0.4, -0.2) is 89.4 Å². The predicted octanol–water partition coefficient (Wildman–Crippen LogP) is 3.06. The third-order valence-electron chi connectivity index (χ3n) is 7.42. The van der Waals surface area contributed by atoms with E-state index in [0.29, 0.717) is 31.1 Å². The standard InChI is InChI=1S/C25H40N6O2S/c1-20(2)25-27-26-21(3)31(25)23-10-13-28(14-11-23)15-12-24(22-8-6-5-7-9-22)29-16-18-30(19-17-29)34(4,32)33/h5-9,20,23-24H,10-19H2,1-4H3/t24-/m1/s1. The normalized spacial score (nSPS) is 20.7. The Labute approximate surface area is 205 Å². The number of aromatic nitrogens is 3. The molecule has 2 fully saturated rings. The molecule has 8 nitrogen and oxygen atoms in total. The number of nitrogens with zero attached hydrogens (tertiary/aromatic N) is 6. The highest BCUT2D eigenvalue weighted by molar-refractivity contribution is 7.88. The van der Waals surface area contributed by atoms with Crippen molar-refractivity contribution in [3.63, 3.8) is 0 Å². The van der Waals surface area contributed by atoms with Gasteiger partial charge in [-0.1, -0.05) is 44.2 Å². The van der Waals surface area contributed by atoms with Crippen LogP contribution < -0.4 is 0 Å². The molecule has 2 aromatic rings. The van der Waals surface area contributed by atoms with Gasteiger partial charge in [0, 0.05) is 57.3 Å². The van der Waals surface area contributed by atoms with Gasteiger partial charge in [-0.05, 0) is 38.3 Å². The monoisotopic (exact) mass is 488 g/mol. The highest BCUT2D eigenvalue weighted by Gasteiger charge is 2.30. The predicted molar refractivity (Wildman–Crippen MR) is 135 cm³/mol. The van der Waals surface area contributed by atoms with Crippen molar-refractivity contribution in [3.8, 4) is 0 Å². The van der Waals surface area contributed by atoms with Crippen molar-refractivity contribution in [2.75, 3.05) is 52.1 Å². The first-order valence-electron chi connectivity index (χ1n) is 12.6. The summed E-state index contributed by atoms with van der Waals surface area (Å²) < 4.78 is 27.9. The minimum absolute atomic E-state index is 0.313. The maximum Gasteiger partial charge on any atom is 0.211 e. The zero-order chi connectivity index (χ0) is 24.3. The van der Waals surface area contributed by atoms with Crippen LogP contribution in [-0.2, 0) is 10.0 Å². The van der Waals surface area contributed by atoms with E-state index >= 15 is 0 Å². The summed E-state index contributed by atoms with van der Waals surface area (Å²) in [6.07, 6.45) is 4.62. The summed E-state index contributed by atoms with van der Waals surface area (Å²) in [6.45, 7) is 12.4. The van der Waals surface area contributed by atoms with E-state index in [0.717, 1.165) is 63.6 Å². The van der Waals surface area contributed by atoms with Crippen molar-refractivity contribution in [1.82, 2.24) is 28.9 Å². The number of hydrogen-bond donors (Lipinski definition) is 0. The molecule has 1 atom stereocenters. The molecule has 0 radical (unpaired) electrons. The molecular weight excluding hydrogens is 448 g/mol. The number of aryl methyl sites for hydroxylation is 1. The van der Waals surface area contributed by atoms with E-state index in [4.69, 9.17) is 0 Å². The van der Waals surface area contributed by atoms with Gasteiger partial charge >= 0.3 is 0 Å². The number of piperidine rings is 1. The van der Waals surface area contributed by atoms with Crippen LogP contribution in [0.4, 0.5) is 0 Å². The number of sulfonamides is 1. The van der Waals surface area contributed by atoms with Gasteiger partial charge in [0.2, 0.25) is 10.0 Å². The third-order valence-corrected chi connectivity index (χ3v) is 8.72. The molecule has 9 heteroatoms. The number of rotatable bonds is 8. The second-order valence-corrected chi connectivity index (χ2v) is 12.1. The lowest BCUT2D eigenvalue weighted by Gasteiger charge is -2.40. The molecule has 0 spiro atoms. The first kappa shape index (κ1) is 25.3. The molecule has 34 heavy (non-hydrogen) atoms. The van der Waals surface area contributed by atoms with E-state index in [1.54, 1.807) is 4.31 Å². The molecule has 0 aliphatic carbocycles. The molecular formula is C25H40N6O2S. The topological polar surface area (TPSA) is 74.6 Å². The minimum Gasteiger partial charge on any atom is -0.312 e. The Bertz CT molecular complexity index is 1020. The molecule has 0 saturated carbocycles. The van der Waals surface area contributed by atoms with Crippen LogP contribution in [0.2, 0.25) is 0 Å². The average molecular weight is 489 g/mol. The first-order chi connectivity index (χ1) is 16.2. The molecule has 4 rings (SSSR count). The van der Waals surface area contributed by atoms with E-state index in [2.05, 4.69) is 75.7 Å². The first-order valence-corrected chi connectivity index (χ1v) is 14.5. The fourth-order valence-corrected chi connectivity index (χ4v) is 6.35. The molecule has 2 aliphatic rings. The Morgan fingerprint density at radius 1 is 0.971 bits per heavy atom. The summed E-state index contributed by atoms with van der Waals surface area (Å²) in [5.74, 6) is 2.52. The molecule has 2 saturated heterocycles. The van der Waals surface area contributed by atoms with Crippen molar-refractivity contribution in [1.29, 1.82) is 0 Å². The number of benzene rings is 1. The summed E-state index contributed by atoms with van der Waals surface area (Å²) in [5, 5.41) is 8.78. The van der Waals surface area contributed by atoms with Gasteiger partial charge in [-0.15, -0.1) is 10.2 Å². The average Bonchev–Trinajstić information content (AvgIpc) is 3.22. The summed E-state index contributed by atoms with van der Waals surface area (Å²) in [7, 11) is -3.12. The minimum atomic E-state index is -3.12. The Hall–Kier alpha value is -1.81. The maximum atomic E-state index is 11.9. The van der Waals surface area contributed by atoms with Crippen LogP contribution >= 0.6 is 0 Å². The zero-order valence-corrected chi connectivity index (χ0v) is 21.9. The van der Waals surface area contributed by atoms with Gasteiger partial charge in [-0.25, -0.2) is 8.42 Å². The van der Waals surface area contributed by atoms with Gasteiger partial charge in [0.15, 0.2) is 0 Å². The van der Waals surface area contributed by atoms with Crippen LogP contribution in [0.3, 0.4) is 0 Å². The summed E-state index contributed by atoms with van der Waals surface area (Å²) in [5.41, 5.74) is 1.33. The van der Waals surface area contributed by atoms with Crippen LogP contribution in [0.15, 0.2) is 30.3 Å². The van der Waals surface area contributed by atoms with Crippen LogP contribution in [0.5, 0.6) is 0 Å². The Balaban J connectivity index is 1.36. The smallest absolute Gasteiger partial charge is 0.211 e. The molecule has 0 bridgehead atoms. The highest BCUT2D eigenvalue weighted by atomic mass is 32.2. The van der Waals surface area contributed by atoms with E-state index in [9.17, 15) is 8.42 Å². The lowest BCUT2D eigenvalue weighted by molar-refractivity contribution is 0.111. The van der Waals surface area contributed by atoms with Crippen LogP contribution in [0.1, 0.15) is 68.3 Å². The van der Waals surface area contributed by atoms with E-state index in [1.807, 2.05) is 0 Å². The van der Waals surface area contributed by atoms with Crippen molar-refractivity contribution in [2.45, 2.75) is 58.0 Å². The molecule has 3 heterocycles. The summed E-state index contributed by atoms with van der Waals surface area (Å²) >= 11 is 0. The Kier molecular flexibility index (Phi) is 8.07. The summed E-state index contributed by atoms with van der Waals surface area (Å²) in [6, 6.07) is 11.5. The molecule has 0 amide bonds. The molecule has 188 valence electrons. The van der Waals surface area contributed by atoms with Gasteiger partial charge in [0.1, 0.15) is 11.6 Å². The second kappa shape index (κ2) is 10.8. The number of likely N-dealkylation sites (tertiary alicyclic amines) is 1. The van der Waals surface area contributed by atoms with Gasteiger partial charge in [-0.2, -0.15) is 4.31 Å². The van der Waals surface area contributed by atoms with E-state index in [-0.39, 0.29) is 0 Å². The van der Waals surface area contributed by atoms with Crippen LogP contribution in [0.25, 0.3) is 0 Å². The molecule has 0 N–H and O–H groups in total. The van der Waals surface area contributed by atoms with Crippen molar-refractivity contribution in [3.05, 3.63) is 47.5 Å². The van der Waals surface area contributed by atoms with Gasteiger partial charge in [-0.3, -0.25) is 4.90 Å². The molecule has 1 aromatic heterocycles. The molecule has 0 unspecified atom stereocenters. The maximum absolute atomic E-state index is 11.9. The summed E-state index contributed by atoms with van der Waals surface area (Å²) in [4.78, 5) is 5.06. The largest absolute Gasteiger partial charge is 0.312 e. The van der Waals surface area contributed by atoms with E-state index < -0.39 is 10.0 Å². The van der Waals surface area contributed by atoms with Crippen LogP contribution in [0, 0.1) is 6.92 Å². The van der Waals surface area contributed by atoms with Crippen molar-refractivity contribution in [2.24, 2.45) is 0 Å². The van der Waals surface area contributed by atoms with E-state index in [1.165, 1.54) is 11.8 Å². The Morgan fingerprint density at radius 2 is 1.62 bits per heavy atom. The number of piperazine rings is 1. The quantitative estimate of drug-likeness (QED) is 0.569. The lowest BCUT2D eigenvalue weighted by atomic mass is 9.99. The third kappa shape index (κ3) is 5.87. The van der Waals surface area contributed by atoms with Gasteiger partial charge in [0.25, 0.3) is 0 Å². The second-order valence-electron chi connectivity index (χ2n) is 10.1. The molecule has 1 aromatic carbocycles. The zero-order valence-electron chi connectivity index (χ0n) is 21.1. The number of hydrogen-bond acceptors (Lipinski definition) is 6. The van der Waals surface area contributed by atoms with Crippen molar-refractivity contribution < 1.29 is 8.42 Å². The highest BCUT2D eigenvalue weighted by Crippen LogP contribution is 2.30.